The third kappa shape index (κ3) is 2.90. The molecular formula is C21H22N4O. The van der Waals surface area contributed by atoms with Crippen molar-refractivity contribution in [1.29, 1.82) is 0 Å². The molecule has 0 saturated carbocycles. The maximum atomic E-state index is 12.9. The van der Waals surface area contributed by atoms with Gasteiger partial charge >= 0.3 is 0 Å². The minimum Gasteiger partial charge on any atom is -0.332 e. The number of hydrogen-bond acceptors (Lipinski definition) is 3. The lowest BCUT2D eigenvalue weighted by Gasteiger charge is -2.28. The first-order valence-corrected chi connectivity index (χ1v) is 8.81. The standard InChI is InChI=1S/C21H22N4O/c1-21(2,3)20(26)24-13-17-11-16(15-7-5-4-6-8-15)9-10-19(17)25-18(14-24)12-22-23-25/h4-12H,13-14H2,1-3H3. The van der Waals surface area contributed by atoms with Gasteiger partial charge in [-0.3, -0.25) is 4.79 Å². The summed E-state index contributed by atoms with van der Waals surface area (Å²) in [6, 6.07) is 16.6. The molecule has 5 heteroatoms. The molecule has 0 radical (unpaired) electrons. The Balaban J connectivity index is 1.82. The molecule has 1 aliphatic heterocycles. The molecule has 0 bridgehead atoms. The zero-order valence-electron chi connectivity index (χ0n) is 15.3. The lowest BCUT2D eigenvalue weighted by atomic mass is 9.94. The van der Waals surface area contributed by atoms with Crippen molar-refractivity contribution >= 4 is 5.91 Å². The van der Waals surface area contributed by atoms with E-state index < -0.39 is 5.41 Å². The fraction of sp³-hybridized carbons (Fsp3) is 0.286. The van der Waals surface area contributed by atoms with Gasteiger partial charge in [-0.1, -0.05) is 62.4 Å². The van der Waals surface area contributed by atoms with Crippen molar-refractivity contribution in [2.24, 2.45) is 5.41 Å². The van der Waals surface area contributed by atoms with Crippen LogP contribution in [0.1, 0.15) is 32.0 Å². The second-order valence-corrected chi connectivity index (χ2v) is 7.76. The minimum atomic E-state index is -0.431. The molecule has 1 amide bonds. The molecule has 0 unspecified atom stereocenters. The Bertz CT molecular complexity index is 954. The predicted molar refractivity (Wildman–Crippen MR) is 101 cm³/mol. The van der Waals surface area contributed by atoms with Crippen LogP contribution in [-0.4, -0.2) is 25.8 Å². The molecule has 0 atom stereocenters. The summed E-state index contributed by atoms with van der Waals surface area (Å²) >= 11 is 0. The maximum absolute atomic E-state index is 12.9. The van der Waals surface area contributed by atoms with Gasteiger partial charge in [0.1, 0.15) is 0 Å². The monoisotopic (exact) mass is 346 g/mol. The number of hydrogen-bond donors (Lipinski definition) is 0. The molecular weight excluding hydrogens is 324 g/mol. The molecule has 1 aromatic heterocycles. The van der Waals surface area contributed by atoms with Gasteiger partial charge in [0.15, 0.2) is 0 Å². The quantitative estimate of drug-likeness (QED) is 0.673. The molecule has 2 aromatic carbocycles. The third-order valence-electron chi connectivity index (χ3n) is 4.68. The van der Waals surface area contributed by atoms with Crippen molar-refractivity contribution in [2.45, 2.75) is 33.9 Å². The molecule has 2 heterocycles. The molecule has 0 N–H and O–H groups in total. The number of carbonyl (C=O) groups excluding carboxylic acids is 1. The molecule has 0 spiro atoms. The van der Waals surface area contributed by atoms with E-state index in [2.05, 4.69) is 40.6 Å². The lowest BCUT2D eigenvalue weighted by molar-refractivity contribution is -0.140. The molecule has 0 aliphatic carbocycles. The van der Waals surface area contributed by atoms with Crippen LogP contribution in [0.2, 0.25) is 0 Å². The highest BCUT2D eigenvalue weighted by molar-refractivity contribution is 5.82. The van der Waals surface area contributed by atoms with E-state index >= 15 is 0 Å². The van der Waals surface area contributed by atoms with Gasteiger partial charge in [-0.25, -0.2) is 4.68 Å². The van der Waals surface area contributed by atoms with Gasteiger partial charge in [-0.15, -0.1) is 5.10 Å². The van der Waals surface area contributed by atoms with Gasteiger partial charge in [0.25, 0.3) is 0 Å². The van der Waals surface area contributed by atoms with Crippen LogP contribution in [0.5, 0.6) is 0 Å². The molecule has 0 fully saturated rings. The van der Waals surface area contributed by atoms with E-state index in [0.717, 1.165) is 28.1 Å². The topological polar surface area (TPSA) is 51.0 Å². The van der Waals surface area contributed by atoms with Crippen molar-refractivity contribution in [3.63, 3.8) is 0 Å². The minimum absolute atomic E-state index is 0.128. The lowest BCUT2D eigenvalue weighted by Crippen LogP contribution is -2.38. The Morgan fingerprint density at radius 1 is 1.00 bits per heavy atom. The summed E-state index contributed by atoms with van der Waals surface area (Å²) in [5.41, 5.74) is 4.85. The van der Waals surface area contributed by atoms with Crippen LogP contribution in [0.3, 0.4) is 0 Å². The van der Waals surface area contributed by atoms with Crippen LogP contribution in [0, 0.1) is 5.41 Å². The van der Waals surface area contributed by atoms with Gasteiger partial charge in [-0.05, 0) is 28.8 Å². The van der Waals surface area contributed by atoms with Gasteiger partial charge in [0, 0.05) is 12.0 Å². The van der Waals surface area contributed by atoms with Crippen molar-refractivity contribution in [1.82, 2.24) is 19.9 Å². The van der Waals surface area contributed by atoms with Crippen molar-refractivity contribution in [3.8, 4) is 16.8 Å². The Morgan fingerprint density at radius 3 is 2.50 bits per heavy atom. The number of fused-ring (bicyclic) bond motifs is 3. The molecule has 5 nitrogen and oxygen atoms in total. The van der Waals surface area contributed by atoms with Crippen LogP contribution in [-0.2, 0) is 17.9 Å². The summed E-state index contributed by atoms with van der Waals surface area (Å²) in [7, 11) is 0. The highest BCUT2D eigenvalue weighted by atomic mass is 16.2. The summed E-state index contributed by atoms with van der Waals surface area (Å²) < 4.78 is 1.85. The maximum Gasteiger partial charge on any atom is 0.228 e. The van der Waals surface area contributed by atoms with E-state index in [1.807, 2.05) is 48.6 Å². The zero-order chi connectivity index (χ0) is 18.3. The molecule has 3 aromatic rings. The van der Waals surface area contributed by atoms with E-state index in [9.17, 15) is 4.79 Å². The van der Waals surface area contributed by atoms with Crippen molar-refractivity contribution in [3.05, 3.63) is 66.0 Å². The second-order valence-electron chi connectivity index (χ2n) is 7.76. The average Bonchev–Trinajstić information content (AvgIpc) is 3.02. The fourth-order valence-electron chi connectivity index (χ4n) is 3.37. The molecule has 26 heavy (non-hydrogen) atoms. The predicted octanol–water partition coefficient (Wildman–Crippen LogP) is 3.82. The van der Waals surface area contributed by atoms with Crippen LogP contribution < -0.4 is 0 Å². The molecule has 4 rings (SSSR count). The molecule has 0 saturated heterocycles. The summed E-state index contributed by atoms with van der Waals surface area (Å²) in [6.45, 7) is 6.94. The Kier molecular flexibility index (Phi) is 3.87. The highest BCUT2D eigenvalue weighted by Gasteiger charge is 2.31. The zero-order valence-corrected chi connectivity index (χ0v) is 15.3. The summed E-state index contributed by atoms with van der Waals surface area (Å²) in [5.74, 6) is 0.128. The van der Waals surface area contributed by atoms with Crippen LogP contribution >= 0.6 is 0 Å². The number of aromatic nitrogens is 3. The number of rotatable bonds is 1. The second kappa shape index (κ2) is 6.09. The summed E-state index contributed by atoms with van der Waals surface area (Å²) in [6.07, 6.45) is 1.74. The first kappa shape index (κ1) is 16.5. The van der Waals surface area contributed by atoms with Crippen LogP contribution in [0.15, 0.2) is 54.7 Å². The van der Waals surface area contributed by atoms with Crippen molar-refractivity contribution in [2.75, 3.05) is 0 Å². The van der Waals surface area contributed by atoms with Gasteiger partial charge in [0.2, 0.25) is 5.91 Å². The Hall–Kier alpha value is -2.95. The largest absolute Gasteiger partial charge is 0.332 e. The van der Waals surface area contributed by atoms with Gasteiger partial charge in [0.05, 0.1) is 24.1 Å². The average molecular weight is 346 g/mol. The smallest absolute Gasteiger partial charge is 0.228 e. The fourth-order valence-corrected chi connectivity index (χ4v) is 3.37. The van der Waals surface area contributed by atoms with Crippen molar-refractivity contribution < 1.29 is 4.79 Å². The van der Waals surface area contributed by atoms with E-state index in [-0.39, 0.29) is 5.91 Å². The Morgan fingerprint density at radius 2 is 1.77 bits per heavy atom. The first-order valence-electron chi connectivity index (χ1n) is 8.81. The summed E-state index contributed by atoms with van der Waals surface area (Å²) in [4.78, 5) is 14.8. The summed E-state index contributed by atoms with van der Waals surface area (Å²) in [5, 5.41) is 8.30. The van der Waals surface area contributed by atoms with Crippen LogP contribution in [0.4, 0.5) is 0 Å². The number of benzene rings is 2. The molecule has 1 aliphatic rings. The SMILES string of the molecule is CC(C)(C)C(=O)N1Cc2cc(-c3ccccc3)ccc2-n2nncc2C1. The van der Waals surface area contributed by atoms with E-state index in [1.165, 1.54) is 0 Å². The third-order valence-corrected chi connectivity index (χ3v) is 4.68. The number of nitrogens with zero attached hydrogens (tertiary/aromatic N) is 4. The van der Waals surface area contributed by atoms with E-state index in [0.29, 0.717) is 13.1 Å². The first-order chi connectivity index (χ1) is 12.4. The highest BCUT2D eigenvalue weighted by Crippen LogP contribution is 2.30. The van der Waals surface area contributed by atoms with Crippen LogP contribution in [0.25, 0.3) is 16.8 Å². The number of amides is 1. The van der Waals surface area contributed by atoms with Gasteiger partial charge < -0.3 is 4.90 Å². The number of carbonyl (C=O) groups is 1. The molecule has 132 valence electrons. The normalized spacial score (nSPS) is 13.7. The van der Waals surface area contributed by atoms with E-state index in [1.54, 1.807) is 6.20 Å². The Labute approximate surface area is 153 Å². The van der Waals surface area contributed by atoms with E-state index in [4.69, 9.17) is 0 Å². The van der Waals surface area contributed by atoms with Gasteiger partial charge in [-0.2, -0.15) is 0 Å².